The summed E-state index contributed by atoms with van der Waals surface area (Å²) >= 11 is 0. The predicted molar refractivity (Wildman–Crippen MR) is 89.8 cm³/mol. The fraction of sp³-hybridized carbons (Fsp3) is 0.706. The molecule has 0 radical (unpaired) electrons. The fourth-order valence-corrected chi connectivity index (χ4v) is 2.51. The first-order chi connectivity index (χ1) is 12.0. The van der Waals surface area contributed by atoms with Gasteiger partial charge in [-0.3, -0.25) is 14.6 Å². The third-order valence-corrected chi connectivity index (χ3v) is 4.38. The zero-order valence-corrected chi connectivity index (χ0v) is 23.7. The molecule has 0 saturated carbocycles. The zero-order chi connectivity index (χ0) is 20.4. The molecule has 2 N–H and O–H groups in total. The van der Waals surface area contributed by atoms with Gasteiger partial charge < -0.3 is 30.0 Å². The Bertz CT molecular complexity index is 488. The smallest absolute Gasteiger partial charge is 0.548 e. The van der Waals surface area contributed by atoms with Crippen molar-refractivity contribution < 1.29 is 138 Å². The molecule has 9 nitrogen and oxygen atoms in total. The molecule has 0 rings (SSSR count). The number of carbonyl (C=O) groups excluding carboxylic acids is 2. The van der Waals surface area contributed by atoms with Gasteiger partial charge in [0.2, 0.25) is 0 Å². The van der Waals surface area contributed by atoms with Gasteiger partial charge in [-0.05, 0) is 33.6 Å². The Hall–Kier alpha value is 1.30. The molecule has 0 amide bonds. The Kier molecular flexibility index (Phi) is 21.7. The summed E-state index contributed by atoms with van der Waals surface area (Å²) in [5.41, 5.74) is 0. The molecule has 0 saturated heterocycles. The molecule has 150 valence electrons. The number of allylic oxidation sites excluding steroid dienone is 1. The number of aliphatic hydroxyl groups is 1. The normalized spacial score (nSPS) is 14.9. The molecule has 0 aromatic rings. The van der Waals surface area contributed by atoms with Gasteiger partial charge >= 0.3 is 109 Å². The maximum absolute atomic E-state index is 11.2. The molecular formula is C17H28K2N2O7. The SMILES string of the molecule is C=CCCC(O)CN(CCN(C(C)C(=O)[O-])C(C)C(=O)O)C(C)C(=O)[O-].[K+].[K+]. The molecule has 0 bridgehead atoms. The minimum absolute atomic E-state index is 0. The van der Waals surface area contributed by atoms with Gasteiger partial charge in [0, 0.05) is 31.7 Å². The number of hydrogen-bond acceptors (Lipinski definition) is 8. The van der Waals surface area contributed by atoms with Gasteiger partial charge in [0.05, 0.1) is 18.0 Å². The molecule has 4 unspecified atom stereocenters. The number of carbonyl (C=O) groups is 3. The van der Waals surface area contributed by atoms with Crippen molar-refractivity contribution in [3.8, 4) is 0 Å². The van der Waals surface area contributed by atoms with E-state index in [1.807, 2.05) is 0 Å². The van der Waals surface area contributed by atoms with Crippen molar-refractivity contribution in [3.05, 3.63) is 12.7 Å². The Labute approximate surface area is 251 Å². The largest absolute Gasteiger partial charge is 1.00 e. The number of rotatable bonds is 14. The first-order valence-electron chi connectivity index (χ1n) is 8.46. The van der Waals surface area contributed by atoms with Gasteiger partial charge in [-0.1, -0.05) is 6.08 Å². The Morgan fingerprint density at radius 1 is 1.00 bits per heavy atom. The number of carboxylic acid groups (broad SMARTS) is 3. The van der Waals surface area contributed by atoms with E-state index in [2.05, 4.69) is 6.58 Å². The fourth-order valence-electron chi connectivity index (χ4n) is 2.51. The van der Waals surface area contributed by atoms with E-state index in [0.717, 1.165) is 0 Å². The minimum Gasteiger partial charge on any atom is -0.548 e. The summed E-state index contributed by atoms with van der Waals surface area (Å²) in [6, 6.07) is -3.31. The van der Waals surface area contributed by atoms with Crippen LogP contribution in [0.15, 0.2) is 12.7 Å². The summed E-state index contributed by atoms with van der Waals surface area (Å²) < 4.78 is 0. The van der Waals surface area contributed by atoms with Gasteiger partial charge in [0.1, 0.15) is 6.04 Å². The standard InChI is InChI=1S/C17H30N2O7.2K/c1-5-6-7-14(20)10-18(11(2)15(21)22)8-9-19(12(3)16(23)24)13(4)17(25)26;;/h5,11-14,20H,1,6-10H2,2-4H3,(H,21,22)(H,23,24)(H,25,26);;/q;2*+1/p-2. The van der Waals surface area contributed by atoms with Crippen molar-refractivity contribution in [3.63, 3.8) is 0 Å². The van der Waals surface area contributed by atoms with E-state index in [9.17, 15) is 29.7 Å². The summed E-state index contributed by atoms with van der Waals surface area (Å²) in [6.07, 6.45) is 1.77. The van der Waals surface area contributed by atoms with Crippen molar-refractivity contribution in [2.45, 2.75) is 57.8 Å². The number of nitrogens with zero attached hydrogens (tertiary/aromatic N) is 2. The van der Waals surface area contributed by atoms with Crippen LogP contribution in [0.3, 0.4) is 0 Å². The van der Waals surface area contributed by atoms with Crippen LogP contribution in [0.2, 0.25) is 0 Å². The van der Waals surface area contributed by atoms with Crippen molar-refractivity contribution in [1.29, 1.82) is 0 Å². The third kappa shape index (κ3) is 12.9. The van der Waals surface area contributed by atoms with Crippen LogP contribution in [0.5, 0.6) is 0 Å². The number of carboxylic acids is 3. The molecule has 4 atom stereocenters. The average molecular weight is 451 g/mol. The number of aliphatic hydroxyl groups excluding tert-OH is 1. The van der Waals surface area contributed by atoms with Crippen molar-refractivity contribution >= 4 is 17.9 Å². The van der Waals surface area contributed by atoms with Crippen molar-refractivity contribution in [1.82, 2.24) is 9.80 Å². The van der Waals surface area contributed by atoms with Crippen LogP contribution in [-0.4, -0.2) is 81.8 Å². The van der Waals surface area contributed by atoms with E-state index in [1.165, 1.54) is 30.6 Å². The monoisotopic (exact) mass is 450 g/mol. The van der Waals surface area contributed by atoms with Crippen LogP contribution in [0.1, 0.15) is 33.6 Å². The van der Waals surface area contributed by atoms with Crippen LogP contribution in [-0.2, 0) is 14.4 Å². The first kappa shape index (κ1) is 33.9. The summed E-state index contributed by atoms with van der Waals surface area (Å²) in [6.45, 7) is 7.62. The van der Waals surface area contributed by atoms with E-state index in [4.69, 9.17) is 5.11 Å². The molecular weight excluding hydrogens is 422 g/mol. The maximum atomic E-state index is 11.2. The number of hydrogen-bond donors (Lipinski definition) is 2. The minimum atomic E-state index is -1.43. The predicted octanol–water partition coefficient (Wildman–Crippen LogP) is -8.32. The molecule has 11 heteroatoms. The molecule has 0 spiro atoms. The van der Waals surface area contributed by atoms with E-state index in [0.29, 0.717) is 12.8 Å². The summed E-state index contributed by atoms with van der Waals surface area (Å²) in [5.74, 6) is -3.97. The Morgan fingerprint density at radius 3 is 1.89 bits per heavy atom. The number of aliphatic carboxylic acids is 3. The molecule has 28 heavy (non-hydrogen) atoms. The summed E-state index contributed by atoms with van der Waals surface area (Å²) in [7, 11) is 0. The molecule has 0 fully saturated rings. The van der Waals surface area contributed by atoms with Gasteiger partial charge in [0.15, 0.2) is 0 Å². The van der Waals surface area contributed by atoms with Gasteiger partial charge in [-0.15, -0.1) is 6.58 Å². The Morgan fingerprint density at radius 2 is 1.50 bits per heavy atom. The quantitative estimate of drug-likeness (QED) is 0.195. The van der Waals surface area contributed by atoms with Crippen LogP contribution >= 0.6 is 0 Å². The molecule has 0 heterocycles. The second-order valence-electron chi connectivity index (χ2n) is 6.26. The summed E-state index contributed by atoms with van der Waals surface area (Å²) in [5, 5.41) is 41.5. The van der Waals surface area contributed by atoms with Crippen LogP contribution in [0.25, 0.3) is 0 Å². The molecule has 0 aliphatic carbocycles. The van der Waals surface area contributed by atoms with E-state index >= 15 is 0 Å². The topological polar surface area (TPSA) is 144 Å². The Balaban J connectivity index is -0.00000312. The first-order valence-corrected chi connectivity index (χ1v) is 8.46. The third-order valence-electron chi connectivity index (χ3n) is 4.38. The van der Waals surface area contributed by atoms with Gasteiger partial charge in [-0.25, -0.2) is 0 Å². The van der Waals surface area contributed by atoms with E-state index in [-0.39, 0.29) is 122 Å². The van der Waals surface area contributed by atoms with E-state index in [1.54, 1.807) is 6.08 Å². The van der Waals surface area contributed by atoms with Gasteiger partial charge in [0.25, 0.3) is 0 Å². The van der Waals surface area contributed by atoms with Gasteiger partial charge in [-0.2, -0.15) is 0 Å². The maximum Gasteiger partial charge on any atom is 1.00 e. The molecule has 0 aliphatic heterocycles. The van der Waals surface area contributed by atoms with Crippen LogP contribution < -0.4 is 113 Å². The van der Waals surface area contributed by atoms with Crippen LogP contribution in [0, 0.1) is 0 Å². The molecule has 0 aromatic carbocycles. The second kappa shape index (κ2) is 17.9. The average Bonchev–Trinajstić information content (AvgIpc) is 2.57. The second-order valence-corrected chi connectivity index (χ2v) is 6.26. The zero-order valence-electron chi connectivity index (χ0n) is 17.5. The molecule has 0 aliphatic rings. The summed E-state index contributed by atoms with van der Waals surface area (Å²) in [4.78, 5) is 36.2. The van der Waals surface area contributed by atoms with Crippen molar-refractivity contribution in [2.24, 2.45) is 0 Å². The molecule has 0 aromatic heterocycles. The van der Waals surface area contributed by atoms with Crippen molar-refractivity contribution in [2.75, 3.05) is 19.6 Å². The van der Waals surface area contributed by atoms with Crippen LogP contribution in [0.4, 0.5) is 0 Å². The van der Waals surface area contributed by atoms with E-state index < -0.39 is 42.1 Å².